The lowest BCUT2D eigenvalue weighted by Crippen LogP contribution is -2.39. The third-order valence-corrected chi connectivity index (χ3v) is 2.99. The van der Waals surface area contributed by atoms with Crippen LogP contribution >= 0.6 is 0 Å². The van der Waals surface area contributed by atoms with Crippen molar-refractivity contribution in [2.45, 2.75) is 12.5 Å². The van der Waals surface area contributed by atoms with Crippen molar-refractivity contribution >= 4 is 5.97 Å². The fourth-order valence-corrected chi connectivity index (χ4v) is 1.92. The van der Waals surface area contributed by atoms with E-state index in [0.29, 0.717) is 12.2 Å². The van der Waals surface area contributed by atoms with Crippen LogP contribution in [-0.4, -0.2) is 45.5 Å². The predicted octanol–water partition coefficient (Wildman–Crippen LogP) is 1.23. The van der Waals surface area contributed by atoms with Gasteiger partial charge in [-0.25, -0.2) is 4.79 Å². The Morgan fingerprint density at radius 2 is 2.21 bits per heavy atom. The molecule has 0 aliphatic carbocycles. The van der Waals surface area contributed by atoms with Gasteiger partial charge in [0.25, 0.3) is 0 Å². The van der Waals surface area contributed by atoms with Gasteiger partial charge in [-0.1, -0.05) is 0 Å². The van der Waals surface area contributed by atoms with Gasteiger partial charge in [-0.15, -0.1) is 0 Å². The van der Waals surface area contributed by atoms with Gasteiger partial charge in [-0.05, 0) is 24.3 Å². The zero-order valence-electron chi connectivity index (χ0n) is 11.1. The third kappa shape index (κ3) is 4.22. The number of ether oxygens (including phenoxy) is 3. The Hall–Kier alpha value is -1.59. The van der Waals surface area contributed by atoms with Crippen molar-refractivity contribution < 1.29 is 19.0 Å². The highest BCUT2D eigenvalue weighted by atomic mass is 16.5. The van der Waals surface area contributed by atoms with E-state index in [1.165, 1.54) is 7.11 Å². The molecule has 0 radical (unpaired) electrons. The van der Waals surface area contributed by atoms with Gasteiger partial charge in [0.2, 0.25) is 0 Å². The normalized spacial score (nSPS) is 18.9. The fraction of sp³-hybridized carbons (Fsp3) is 0.500. The number of hydrogen-bond donors (Lipinski definition) is 1. The summed E-state index contributed by atoms with van der Waals surface area (Å²) in [4.78, 5) is 11.3. The molecule has 19 heavy (non-hydrogen) atoms. The molecule has 2 rings (SSSR count). The average molecular weight is 265 g/mol. The molecule has 1 N–H and O–H groups in total. The van der Waals surface area contributed by atoms with E-state index in [9.17, 15) is 4.79 Å². The van der Waals surface area contributed by atoms with Crippen molar-refractivity contribution in [2.75, 3.05) is 33.4 Å². The summed E-state index contributed by atoms with van der Waals surface area (Å²) >= 11 is 0. The Balaban J connectivity index is 1.75. The van der Waals surface area contributed by atoms with Crippen molar-refractivity contribution in [2.24, 2.45) is 0 Å². The van der Waals surface area contributed by atoms with Crippen LogP contribution in [-0.2, 0) is 9.47 Å². The number of morpholine rings is 1. The predicted molar refractivity (Wildman–Crippen MR) is 70.5 cm³/mol. The van der Waals surface area contributed by atoms with Crippen LogP contribution in [0.2, 0.25) is 0 Å². The fourth-order valence-electron chi connectivity index (χ4n) is 1.92. The highest BCUT2D eigenvalue weighted by molar-refractivity contribution is 5.89. The van der Waals surface area contributed by atoms with Crippen LogP contribution in [0.1, 0.15) is 16.8 Å². The molecule has 1 fully saturated rings. The highest BCUT2D eigenvalue weighted by Gasteiger charge is 2.13. The van der Waals surface area contributed by atoms with E-state index >= 15 is 0 Å². The molecule has 1 aromatic rings. The minimum Gasteiger partial charge on any atom is -0.493 e. The molecule has 1 heterocycles. The van der Waals surface area contributed by atoms with E-state index in [2.05, 4.69) is 10.1 Å². The van der Waals surface area contributed by atoms with E-state index in [-0.39, 0.29) is 12.1 Å². The van der Waals surface area contributed by atoms with Crippen LogP contribution in [0.5, 0.6) is 5.75 Å². The summed E-state index contributed by atoms with van der Waals surface area (Å²) in [5.74, 6) is 0.407. The van der Waals surface area contributed by atoms with Crippen LogP contribution in [0.4, 0.5) is 0 Å². The molecule has 0 amide bonds. The maximum absolute atomic E-state index is 11.3. The first-order chi connectivity index (χ1) is 9.29. The Kier molecular flexibility index (Phi) is 5.18. The van der Waals surface area contributed by atoms with Crippen molar-refractivity contribution in [3.05, 3.63) is 29.8 Å². The first kappa shape index (κ1) is 13.8. The van der Waals surface area contributed by atoms with Crippen LogP contribution in [0.25, 0.3) is 0 Å². The van der Waals surface area contributed by atoms with E-state index in [1.54, 1.807) is 24.3 Å². The lowest BCUT2D eigenvalue weighted by molar-refractivity contribution is 0.0159. The van der Waals surface area contributed by atoms with E-state index in [4.69, 9.17) is 9.47 Å². The molecule has 1 atom stereocenters. The van der Waals surface area contributed by atoms with Crippen molar-refractivity contribution in [1.29, 1.82) is 0 Å². The number of nitrogens with one attached hydrogen (secondary N) is 1. The molecule has 0 saturated carbocycles. The second kappa shape index (κ2) is 7.11. The van der Waals surface area contributed by atoms with Crippen molar-refractivity contribution in [3.8, 4) is 5.75 Å². The van der Waals surface area contributed by atoms with Gasteiger partial charge in [-0.3, -0.25) is 0 Å². The lowest BCUT2D eigenvalue weighted by atomic mass is 10.2. The summed E-state index contributed by atoms with van der Waals surface area (Å²) in [5.41, 5.74) is 0.523. The molecule has 0 spiro atoms. The smallest absolute Gasteiger partial charge is 0.337 e. The Morgan fingerprint density at radius 3 is 2.84 bits per heavy atom. The molecule has 0 aromatic heterocycles. The molecule has 1 aliphatic heterocycles. The molecular weight excluding hydrogens is 246 g/mol. The second-order valence-corrected chi connectivity index (χ2v) is 4.35. The number of esters is 1. The monoisotopic (exact) mass is 265 g/mol. The molecule has 1 saturated heterocycles. The van der Waals surface area contributed by atoms with E-state index in [1.807, 2.05) is 0 Å². The van der Waals surface area contributed by atoms with Gasteiger partial charge >= 0.3 is 5.97 Å². The Morgan fingerprint density at radius 1 is 1.42 bits per heavy atom. The lowest BCUT2D eigenvalue weighted by Gasteiger charge is -2.23. The molecular formula is C14H19NO4. The number of carbonyl (C=O) groups excluding carboxylic acids is 1. The molecule has 1 aromatic carbocycles. The number of hydrogen-bond acceptors (Lipinski definition) is 5. The number of benzene rings is 1. The Bertz CT molecular complexity index is 398. The summed E-state index contributed by atoms with van der Waals surface area (Å²) in [5, 5.41) is 3.28. The summed E-state index contributed by atoms with van der Waals surface area (Å²) < 4.78 is 15.8. The van der Waals surface area contributed by atoms with Crippen molar-refractivity contribution in [1.82, 2.24) is 5.32 Å². The molecule has 5 nitrogen and oxygen atoms in total. The summed E-state index contributed by atoms with van der Waals surface area (Å²) in [7, 11) is 1.37. The van der Waals surface area contributed by atoms with E-state index in [0.717, 1.165) is 31.9 Å². The number of methoxy groups -OCH3 is 1. The third-order valence-electron chi connectivity index (χ3n) is 2.99. The van der Waals surface area contributed by atoms with Gasteiger partial charge in [0.15, 0.2) is 0 Å². The minimum atomic E-state index is -0.340. The van der Waals surface area contributed by atoms with Crippen LogP contribution in [0, 0.1) is 0 Å². The zero-order valence-corrected chi connectivity index (χ0v) is 11.1. The molecule has 1 unspecified atom stereocenters. The summed E-state index contributed by atoms with van der Waals surface area (Å²) in [6, 6.07) is 6.93. The standard InChI is InChI=1S/C14H19NO4/c1-17-14(16)11-2-4-12(5-3-11)18-8-6-13-10-15-7-9-19-13/h2-5,13,15H,6-10H2,1H3. The molecule has 1 aliphatic rings. The first-order valence-corrected chi connectivity index (χ1v) is 6.43. The topological polar surface area (TPSA) is 56.8 Å². The van der Waals surface area contributed by atoms with Crippen LogP contribution < -0.4 is 10.1 Å². The SMILES string of the molecule is COC(=O)c1ccc(OCCC2CNCCO2)cc1. The van der Waals surface area contributed by atoms with Crippen molar-refractivity contribution in [3.63, 3.8) is 0 Å². The summed E-state index contributed by atoms with van der Waals surface area (Å²) in [6.45, 7) is 3.17. The van der Waals surface area contributed by atoms with Gasteiger partial charge in [0.05, 0.1) is 32.0 Å². The molecule has 104 valence electrons. The quantitative estimate of drug-likeness (QED) is 0.812. The van der Waals surface area contributed by atoms with Gasteiger partial charge in [0, 0.05) is 19.5 Å². The van der Waals surface area contributed by atoms with Crippen LogP contribution in [0.15, 0.2) is 24.3 Å². The van der Waals surface area contributed by atoms with Gasteiger partial charge in [0.1, 0.15) is 5.75 Å². The van der Waals surface area contributed by atoms with Gasteiger partial charge in [-0.2, -0.15) is 0 Å². The average Bonchev–Trinajstić information content (AvgIpc) is 2.48. The molecule has 0 bridgehead atoms. The minimum absolute atomic E-state index is 0.225. The maximum Gasteiger partial charge on any atom is 0.337 e. The highest BCUT2D eigenvalue weighted by Crippen LogP contribution is 2.13. The van der Waals surface area contributed by atoms with Gasteiger partial charge < -0.3 is 19.5 Å². The van der Waals surface area contributed by atoms with Crippen LogP contribution in [0.3, 0.4) is 0 Å². The van der Waals surface area contributed by atoms with E-state index < -0.39 is 0 Å². The number of carbonyl (C=O) groups is 1. The largest absolute Gasteiger partial charge is 0.493 e. The number of rotatable bonds is 5. The maximum atomic E-state index is 11.3. The zero-order chi connectivity index (χ0) is 13.5. The summed E-state index contributed by atoms with van der Waals surface area (Å²) in [6.07, 6.45) is 1.08. The molecule has 5 heteroatoms. The Labute approximate surface area is 112 Å². The second-order valence-electron chi connectivity index (χ2n) is 4.35. The first-order valence-electron chi connectivity index (χ1n) is 6.43.